The average Bonchev–Trinajstić information content (AvgIpc) is 2.57. The largest absolute Gasteiger partial charge is 0.494 e. The molecule has 0 aliphatic rings. The minimum atomic E-state index is -0.605. The van der Waals surface area contributed by atoms with Crippen LogP contribution in [0, 0.1) is 0 Å². The molecule has 0 bridgehead atoms. The number of benzene rings is 1. The third-order valence-corrected chi connectivity index (χ3v) is 5.29. The van der Waals surface area contributed by atoms with Crippen LogP contribution in [0.3, 0.4) is 0 Å². The first-order valence-electron chi connectivity index (χ1n) is 6.80. The topological polar surface area (TPSA) is 76.6 Å². The molecule has 2 rings (SSSR count). The summed E-state index contributed by atoms with van der Waals surface area (Å²) in [6.07, 6.45) is 0. The van der Waals surface area contributed by atoms with E-state index in [9.17, 15) is 14.7 Å². The molecule has 9 heteroatoms. The van der Waals surface area contributed by atoms with Crippen LogP contribution in [-0.2, 0) is 19.8 Å². The quantitative estimate of drug-likeness (QED) is 0.647. The van der Waals surface area contributed by atoms with Crippen LogP contribution in [0.25, 0.3) is 0 Å². The molecule has 2 aromatic rings. The highest BCUT2D eigenvalue weighted by molar-refractivity contribution is 8.13. The molecule has 1 N–H and O–H groups in total. The minimum Gasteiger partial charge on any atom is -0.494 e. The van der Waals surface area contributed by atoms with Crippen molar-refractivity contribution in [3.05, 3.63) is 60.2 Å². The molecule has 0 amide bonds. The molecule has 0 saturated heterocycles. The van der Waals surface area contributed by atoms with E-state index in [2.05, 4.69) is 4.99 Å². The van der Waals surface area contributed by atoms with Gasteiger partial charge in [-0.2, -0.15) is 0 Å². The number of nitrogens with zero attached hydrogens (tertiary/aromatic N) is 3. The lowest BCUT2D eigenvalue weighted by Crippen LogP contribution is -2.39. The maximum atomic E-state index is 12.3. The van der Waals surface area contributed by atoms with E-state index in [1.165, 1.54) is 32.9 Å². The lowest BCUT2D eigenvalue weighted by Gasteiger charge is -2.12. The summed E-state index contributed by atoms with van der Waals surface area (Å²) in [5.41, 5.74) is -0.326. The Kier molecular flexibility index (Phi) is 5.79. The molecule has 1 heterocycles. The summed E-state index contributed by atoms with van der Waals surface area (Å²) in [4.78, 5) is 28.2. The predicted octanol–water partition coefficient (Wildman–Crippen LogP) is 2.41. The molecule has 24 heavy (non-hydrogen) atoms. The van der Waals surface area contributed by atoms with Gasteiger partial charge in [0, 0.05) is 26.9 Å². The second-order valence-corrected chi connectivity index (χ2v) is 6.75. The Balaban J connectivity index is 2.38. The van der Waals surface area contributed by atoms with Gasteiger partial charge in [0.2, 0.25) is 5.88 Å². The van der Waals surface area contributed by atoms with E-state index in [4.69, 9.17) is 23.2 Å². The van der Waals surface area contributed by atoms with Crippen LogP contribution in [-0.4, -0.2) is 26.3 Å². The molecular weight excluding hydrogens is 373 g/mol. The first kappa shape index (κ1) is 18.6. The van der Waals surface area contributed by atoms with Gasteiger partial charge in [0.1, 0.15) is 10.6 Å². The Bertz CT molecular complexity index is 935. The molecule has 0 radical (unpaired) electrons. The molecule has 128 valence electrons. The molecular formula is C15H15Cl2N3O3S. The molecule has 0 spiro atoms. The van der Waals surface area contributed by atoms with Crippen LogP contribution in [0.5, 0.6) is 5.88 Å². The summed E-state index contributed by atoms with van der Waals surface area (Å²) in [6.45, 7) is 0. The Labute approximate surface area is 152 Å². The van der Waals surface area contributed by atoms with Crippen LogP contribution in [0.15, 0.2) is 32.8 Å². The Morgan fingerprint density at radius 3 is 2.46 bits per heavy atom. The van der Waals surface area contributed by atoms with E-state index in [0.717, 1.165) is 14.7 Å². The molecule has 0 atom stereocenters. The highest BCUT2D eigenvalue weighted by Gasteiger charge is 2.20. The highest BCUT2D eigenvalue weighted by atomic mass is 35.5. The lowest BCUT2D eigenvalue weighted by molar-refractivity contribution is 0.410. The van der Waals surface area contributed by atoms with Crippen molar-refractivity contribution in [1.82, 2.24) is 9.13 Å². The number of hydrogen-bond acceptors (Lipinski definition) is 5. The smallest absolute Gasteiger partial charge is 0.333 e. The van der Waals surface area contributed by atoms with Gasteiger partial charge >= 0.3 is 5.69 Å². The van der Waals surface area contributed by atoms with Crippen LogP contribution in [0.2, 0.25) is 10.0 Å². The van der Waals surface area contributed by atoms with Gasteiger partial charge in [-0.3, -0.25) is 18.9 Å². The first-order valence-corrected chi connectivity index (χ1v) is 8.55. The van der Waals surface area contributed by atoms with Gasteiger partial charge < -0.3 is 5.11 Å². The van der Waals surface area contributed by atoms with E-state index in [1.807, 2.05) is 6.07 Å². The van der Waals surface area contributed by atoms with Crippen molar-refractivity contribution >= 4 is 40.0 Å². The van der Waals surface area contributed by atoms with E-state index < -0.39 is 17.1 Å². The zero-order valence-corrected chi connectivity index (χ0v) is 15.5. The fraction of sp³-hybridized carbons (Fsp3) is 0.267. The molecule has 0 aliphatic heterocycles. The van der Waals surface area contributed by atoms with Crippen LogP contribution >= 0.6 is 35.0 Å². The van der Waals surface area contributed by atoms with Crippen molar-refractivity contribution in [1.29, 1.82) is 0 Å². The zero-order chi connectivity index (χ0) is 18.0. The van der Waals surface area contributed by atoms with Crippen LogP contribution in [0.4, 0.5) is 0 Å². The van der Waals surface area contributed by atoms with E-state index >= 15 is 0 Å². The highest BCUT2D eigenvalue weighted by Crippen LogP contribution is 2.26. The van der Waals surface area contributed by atoms with Gasteiger partial charge in [-0.05, 0) is 17.7 Å². The summed E-state index contributed by atoms with van der Waals surface area (Å²) < 4.78 is 1.93. The lowest BCUT2D eigenvalue weighted by atomic mass is 10.2. The molecule has 1 aromatic heterocycles. The number of hydrogen-bond donors (Lipinski definition) is 1. The summed E-state index contributed by atoms with van der Waals surface area (Å²) >= 11 is 13.1. The maximum absolute atomic E-state index is 12.3. The SMILES string of the molecule is CN=C(SCc1ccc(Cl)c(Cl)c1)c1c(O)n(C)c(=O)n(C)c1=O. The third kappa shape index (κ3) is 3.53. The summed E-state index contributed by atoms with van der Waals surface area (Å²) in [5, 5.41) is 11.4. The van der Waals surface area contributed by atoms with E-state index in [-0.39, 0.29) is 5.56 Å². The fourth-order valence-corrected chi connectivity index (χ4v) is 3.31. The van der Waals surface area contributed by atoms with Crippen molar-refractivity contribution in [2.75, 3.05) is 7.05 Å². The maximum Gasteiger partial charge on any atom is 0.333 e. The number of thioether (sulfide) groups is 1. The summed E-state index contributed by atoms with van der Waals surface area (Å²) in [6, 6.07) is 5.22. The third-order valence-electron chi connectivity index (χ3n) is 3.41. The van der Waals surface area contributed by atoms with Gasteiger partial charge in [0.15, 0.2) is 0 Å². The number of halogens is 2. The van der Waals surface area contributed by atoms with E-state index in [1.54, 1.807) is 12.1 Å². The van der Waals surface area contributed by atoms with Crippen molar-refractivity contribution in [2.45, 2.75) is 5.75 Å². The second kappa shape index (κ2) is 7.46. The van der Waals surface area contributed by atoms with E-state index in [0.29, 0.717) is 20.8 Å². The minimum absolute atomic E-state index is 0.00726. The fourth-order valence-electron chi connectivity index (χ4n) is 2.05. The number of aromatic nitrogens is 2. The standard InChI is InChI=1S/C15H15Cl2N3O3S/c1-18-12(24-7-8-4-5-9(16)10(17)6-8)11-13(21)19(2)15(23)20(3)14(11)22/h4-6,21H,7H2,1-3H3. The second-order valence-electron chi connectivity index (χ2n) is 4.97. The number of rotatable bonds is 3. The zero-order valence-electron chi connectivity index (χ0n) is 13.2. The molecule has 6 nitrogen and oxygen atoms in total. The van der Waals surface area contributed by atoms with Crippen molar-refractivity contribution in [2.24, 2.45) is 19.1 Å². The Hall–Kier alpha value is -1.70. The Morgan fingerprint density at radius 2 is 1.88 bits per heavy atom. The van der Waals surface area contributed by atoms with Crippen LogP contribution < -0.4 is 11.2 Å². The molecule has 1 aromatic carbocycles. The molecule has 0 aliphatic carbocycles. The average molecular weight is 388 g/mol. The number of aromatic hydroxyl groups is 1. The molecule has 0 fully saturated rings. The molecule has 0 saturated carbocycles. The summed E-state index contributed by atoms with van der Waals surface area (Å²) in [7, 11) is 4.25. The van der Waals surface area contributed by atoms with Gasteiger partial charge in [-0.1, -0.05) is 29.3 Å². The first-order chi connectivity index (χ1) is 11.3. The normalized spacial score (nSPS) is 11.8. The predicted molar refractivity (Wildman–Crippen MR) is 98.8 cm³/mol. The molecule has 0 unspecified atom stereocenters. The van der Waals surface area contributed by atoms with Crippen molar-refractivity contribution < 1.29 is 5.11 Å². The number of aliphatic imine (C=N–C) groups is 1. The van der Waals surface area contributed by atoms with Gasteiger partial charge in [0.05, 0.1) is 10.0 Å². The van der Waals surface area contributed by atoms with Crippen molar-refractivity contribution in [3.63, 3.8) is 0 Å². The summed E-state index contributed by atoms with van der Waals surface area (Å²) in [5.74, 6) is 0.0555. The van der Waals surface area contributed by atoms with Gasteiger partial charge in [-0.15, -0.1) is 11.8 Å². The van der Waals surface area contributed by atoms with Gasteiger partial charge in [0.25, 0.3) is 5.56 Å². The Morgan fingerprint density at radius 1 is 1.21 bits per heavy atom. The van der Waals surface area contributed by atoms with Crippen molar-refractivity contribution in [3.8, 4) is 5.88 Å². The monoisotopic (exact) mass is 387 g/mol. The van der Waals surface area contributed by atoms with Crippen LogP contribution in [0.1, 0.15) is 11.1 Å². The van der Waals surface area contributed by atoms with Gasteiger partial charge in [-0.25, -0.2) is 4.79 Å².